The minimum Gasteiger partial charge on any atom is -0.497 e. The number of anilines is 1. The van der Waals surface area contributed by atoms with E-state index in [1.165, 1.54) is 16.8 Å². The van der Waals surface area contributed by atoms with Gasteiger partial charge in [0.15, 0.2) is 0 Å². The van der Waals surface area contributed by atoms with Crippen LogP contribution in [0.3, 0.4) is 0 Å². The molecule has 0 aliphatic carbocycles. The summed E-state index contributed by atoms with van der Waals surface area (Å²) in [5.41, 5.74) is 3.32. The van der Waals surface area contributed by atoms with Gasteiger partial charge >= 0.3 is 6.09 Å². The molecule has 1 fully saturated rings. The number of carbonyl (C=O) groups is 1. The maximum Gasteiger partial charge on any atom is 0.410 e. The fraction of sp³-hybridized carbons (Fsp3) is 0.435. The second-order valence-electron chi connectivity index (χ2n) is 8.11. The lowest BCUT2D eigenvalue weighted by molar-refractivity contribution is 0.0240. The van der Waals surface area contributed by atoms with Crippen molar-refractivity contribution in [1.29, 1.82) is 0 Å². The van der Waals surface area contributed by atoms with Gasteiger partial charge in [0.2, 0.25) is 0 Å². The molecule has 0 N–H and O–H groups in total. The monoisotopic (exact) mass is 382 g/mol. The van der Waals surface area contributed by atoms with E-state index in [-0.39, 0.29) is 6.09 Å². The molecule has 0 unspecified atom stereocenters. The first-order valence-electron chi connectivity index (χ1n) is 9.79. The lowest BCUT2D eigenvalue weighted by Gasteiger charge is -2.37. The Bertz CT molecular complexity index is 788. The van der Waals surface area contributed by atoms with Crippen molar-refractivity contribution in [2.45, 2.75) is 32.8 Å². The Morgan fingerprint density at radius 1 is 0.964 bits per heavy atom. The average molecular weight is 383 g/mol. The van der Waals surface area contributed by atoms with Crippen LogP contribution in [0.5, 0.6) is 5.75 Å². The normalized spacial score (nSPS) is 14.7. The molecule has 5 heteroatoms. The third-order valence-electron chi connectivity index (χ3n) is 4.82. The maximum atomic E-state index is 12.3. The number of hydrogen-bond acceptors (Lipinski definition) is 4. The van der Waals surface area contributed by atoms with Crippen LogP contribution in [0.4, 0.5) is 10.5 Å². The molecule has 0 bridgehead atoms. The van der Waals surface area contributed by atoms with Crippen molar-refractivity contribution in [3.8, 4) is 5.75 Å². The lowest BCUT2D eigenvalue weighted by atomic mass is 10.0. The second-order valence-corrected chi connectivity index (χ2v) is 8.11. The van der Waals surface area contributed by atoms with Gasteiger partial charge in [-0.15, -0.1) is 0 Å². The van der Waals surface area contributed by atoms with Gasteiger partial charge in [0, 0.05) is 31.9 Å². The number of para-hydroxylation sites is 1. The Balaban J connectivity index is 1.66. The fourth-order valence-electron chi connectivity index (χ4n) is 3.39. The highest BCUT2D eigenvalue weighted by molar-refractivity contribution is 5.69. The quantitative estimate of drug-likeness (QED) is 0.789. The van der Waals surface area contributed by atoms with Gasteiger partial charge in [-0.05, 0) is 56.5 Å². The Labute approximate surface area is 167 Å². The van der Waals surface area contributed by atoms with E-state index < -0.39 is 5.60 Å². The summed E-state index contributed by atoms with van der Waals surface area (Å²) in [6.07, 6.45) is 0.644. The molecule has 0 saturated carbocycles. The zero-order chi connectivity index (χ0) is 20.1. The molecular formula is C23H30N2O3. The van der Waals surface area contributed by atoms with Crippen LogP contribution >= 0.6 is 0 Å². The number of rotatable bonds is 4. The molecule has 2 aromatic rings. The van der Waals surface area contributed by atoms with Gasteiger partial charge < -0.3 is 19.3 Å². The van der Waals surface area contributed by atoms with E-state index in [2.05, 4.69) is 41.3 Å². The molecule has 1 heterocycles. The topological polar surface area (TPSA) is 42.0 Å². The Hall–Kier alpha value is -2.69. The molecule has 0 atom stereocenters. The molecule has 1 aliphatic rings. The van der Waals surface area contributed by atoms with Crippen molar-refractivity contribution in [3.05, 3.63) is 59.7 Å². The fourth-order valence-corrected chi connectivity index (χ4v) is 3.39. The van der Waals surface area contributed by atoms with Crippen molar-refractivity contribution in [3.63, 3.8) is 0 Å². The van der Waals surface area contributed by atoms with Gasteiger partial charge in [0.05, 0.1) is 7.11 Å². The molecule has 1 saturated heterocycles. The van der Waals surface area contributed by atoms with Gasteiger partial charge in [-0.2, -0.15) is 0 Å². The molecule has 1 aliphatic heterocycles. The number of nitrogens with zero attached hydrogens (tertiary/aromatic N) is 2. The van der Waals surface area contributed by atoms with Crippen LogP contribution in [0.25, 0.3) is 0 Å². The van der Waals surface area contributed by atoms with Gasteiger partial charge in [-0.3, -0.25) is 0 Å². The number of piperazine rings is 1. The van der Waals surface area contributed by atoms with E-state index in [4.69, 9.17) is 9.47 Å². The molecular weight excluding hydrogens is 352 g/mol. The Morgan fingerprint density at radius 3 is 2.21 bits per heavy atom. The van der Waals surface area contributed by atoms with Gasteiger partial charge in [-0.25, -0.2) is 4.79 Å². The average Bonchev–Trinajstić information content (AvgIpc) is 2.68. The maximum absolute atomic E-state index is 12.3. The lowest BCUT2D eigenvalue weighted by Crippen LogP contribution is -2.50. The number of ether oxygens (including phenoxy) is 2. The second kappa shape index (κ2) is 8.55. The molecule has 3 rings (SSSR count). The van der Waals surface area contributed by atoms with Crippen LogP contribution in [0.2, 0.25) is 0 Å². The van der Waals surface area contributed by atoms with Crippen molar-refractivity contribution in [2.75, 3.05) is 38.2 Å². The van der Waals surface area contributed by atoms with Gasteiger partial charge in [-0.1, -0.05) is 30.3 Å². The summed E-state index contributed by atoms with van der Waals surface area (Å²) < 4.78 is 10.7. The summed E-state index contributed by atoms with van der Waals surface area (Å²) in [5, 5.41) is 0. The van der Waals surface area contributed by atoms with Crippen molar-refractivity contribution >= 4 is 11.8 Å². The molecule has 0 radical (unpaired) electrons. The van der Waals surface area contributed by atoms with Crippen molar-refractivity contribution in [1.82, 2.24) is 4.90 Å². The Kier molecular flexibility index (Phi) is 6.12. The third-order valence-corrected chi connectivity index (χ3v) is 4.82. The highest BCUT2D eigenvalue weighted by Gasteiger charge is 2.26. The third kappa shape index (κ3) is 5.18. The van der Waals surface area contributed by atoms with E-state index in [1.807, 2.05) is 32.9 Å². The number of carbonyl (C=O) groups excluding carboxylic acids is 1. The van der Waals surface area contributed by atoms with E-state index in [9.17, 15) is 4.79 Å². The molecule has 1 amide bonds. The van der Waals surface area contributed by atoms with Crippen LogP contribution in [0.15, 0.2) is 48.5 Å². The predicted octanol–water partition coefficient (Wildman–Crippen LogP) is 4.34. The highest BCUT2D eigenvalue weighted by Crippen LogP contribution is 2.25. The van der Waals surface area contributed by atoms with Crippen LogP contribution in [-0.2, 0) is 11.2 Å². The molecule has 5 nitrogen and oxygen atoms in total. The SMILES string of the molecule is COc1ccc(Cc2ccccc2N2CCN(C(=O)OC(C)(C)C)CC2)cc1. The summed E-state index contributed by atoms with van der Waals surface area (Å²) >= 11 is 0. The summed E-state index contributed by atoms with van der Waals surface area (Å²) in [6, 6.07) is 16.7. The Morgan fingerprint density at radius 2 is 1.61 bits per heavy atom. The number of hydrogen-bond donors (Lipinski definition) is 0. The summed E-state index contributed by atoms with van der Waals surface area (Å²) in [4.78, 5) is 16.5. The molecule has 28 heavy (non-hydrogen) atoms. The van der Waals surface area contributed by atoms with Crippen LogP contribution in [0, 0.1) is 0 Å². The van der Waals surface area contributed by atoms with E-state index in [0.29, 0.717) is 13.1 Å². The smallest absolute Gasteiger partial charge is 0.410 e. The van der Waals surface area contributed by atoms with Crippen LogP contribution in [0.1, 0.15) is 31.9 Å². The zero-order valence-corrected chi connectivity index (χ0v) is 17.3. The largest absolute Gasteiger partial charge is 0.497 e. The van der Waals surface area contributed by atoms with Gasteiger partial charge in [0.1, 0.15) is 11.4 Å². The molecule has 0 aromatic heterocycles. The van der Waals surface area contributed by atoms with Crippen molar-refractivity contribution in [2.24, 2.45) is 0 Å². The predicted molar refractivity (Wildman–Crippen MR) is 112 cm³/mol. The van der Waals surface area contributed by atoms with E-state index in [1.54, 1.807) is 12.0 Å². The first-order chi connectivity index (χ1) is 13.4. The highest BCUT2D eigenvalue weighted by atomic mass is 16.6. The number of amides is 1. The van der Waals surface area contributed by atoms with E-state index in [0.717, 1.165) is 25.3 Å². The number of methoxy groups -OCH3 is 1. The number of benzene rings is 2. The van der Waals surface area contributed by atoms with Crippen LogP contribution in [-0.4, -0.2) is 49.9 Å². The molecule has 150 valence electrons. The first kappa shape index (κ1) is 20.1. The van der Waals surface area contributed by atoms with Crippen LogP contribution < -0.4 is 9.64 Å². The van der Waals surface area contributed by atoms with E-state index >= 15 is 0 Å². The zero-order valence-electron chi connectivity index (χ0n) is 17.3. The molecule has 0 spiro atoms. The minimum atomic E-state index is -0.459. The van der Waals surface area contributed by atoms with Gasteiger partial charge in [0.25, 0.3) is 0 Å². The van der Waals surface area contributed by atoms with Crippen molar-refractivity contribution < 1.29 is 14.3 Å². The minimum absolute atomic E-state index is 0.223. The molecule has 2 aromatic carbocycles. The standard InChI is InChI=1S/C23H30N2O3/c1-23(2,3)28-22(26)25-15-13-24(14-16-25)21-8-6-5-7-19(21)17-18-9-11-20(27-4)12-10-18/h5-12H,13-17H2,1-4H3. The summed E-state index contributed by atoms with van der Waals surface area (Å²) in [7, 11) is 1.68. The summed E-state index contributed by atoms with van der Waals surface area (Å²) in [6.45, 7) is 8.65. The summed E-state index contributed by atoms with van der Waals surface area (Å²) in [5.74, 6) is 0.871. The first-order valence-corrected chi connectivity index (χ1v) is 9.79.